The predicted molar refractivity (Wildman–Crippen MR) is 75.0 cm³/mol. The van der Waals surface area contributed by atoms with E-state index in [1.54, 1.807) is 26.8 Å². The van der Waals surface area contributed by atoms with Crippen LogP contribution in [-0.4, -0.2) is 33.8 Å². The van der Waals surface area contributed by atoms with Crippen molar-refractivity contribution in [3.63, 3.8) is 0 Å². The molecule has 0 saturated heterocycles. The molecule has 0 spiro atoms. The van der Waals surface area contributed by atoms with Gasteiger partial charge in [0.1, 0.15) is 23.4 Å². The molecule has 6 nitrogen and oxygen atoms in total. The highest BCUT2D eigenvalue weighted by molar-refractivity contribution is 5.82. The van der Waals surface area contributed by atoms with E-state index in [1.807, 2.05) is 0 Å². The molecule has 6 heteroatoms. The predicted octanol–water partition coefficient (Wildman–Crippen LogP) is 1.37. The summed E-state index contributed by atoms with van der Waals surface area (Å²) in [4.78, 5) is 23.5. The van der Waals surface area contributed by atoms with Crippen molar-refractivity contribution in [2.24, 2.45) is 0 Å². The number of hydrogen-bond donors (Lipinski definition) is 3. The van der Waals surface area contributed by atoms with Crippen LogP contribution in [0.25, 0.3) is 0 Å². The standard InChI is InChI=1S/C15H19NO5/c1-15(2,3)21-14(20)12-10-7-9(17)5-4-8(10)6-11(16-12)13(18)19/h4-5,7,11-12,16-17H,6H2,1-3H3,(H,18,19)/t11-,12?/m0/s1. The number of esters is 1. The number of rotatable bonds is 2. The van der Waals surface area contributed by atoms with Gasteiger partial charge in [0.05, 0.1) is 0 Å². The van der Waals surface area contributed by atoms with Crippen molar-refractivity contribution >= 4 is 11.9 Å². The summed E-state index contributed by atoms with van der Waals surface area (Å²) >= 11 is 0. The summed E-state index contributed by atoms with van der Waals surface area (Å²) < 4.78 is 5.33. The molecule has 0 aromatic heterocycles. The smallest absolute Gasteiger partial charge is 0.328 e. The fourth-order valence-corrected chi connectivity index (χ4v) is 2.32. The van der Waals surface area contributed by atoms with Crippen LogP contribution < -0.4 is 5.32 Å². The van der Waals surface area contributed by atoms with E-state index in [0.29, 0.717) is 5.56 Å². The van der Waals surface area contributed by atoms with Crippen LogP contribution in [0.4, 0.5) is 0 Å². The van der Waals surface area contributed by atoms with E-state index in [0.717, 1.165) is 5.56 Å². The Morgan fingerprint density at radius 3 is 2.57 bits per heavy atom. The molecule has 1 heterocycles. The number of benzene rings is 1. The first-order chi connectivity index (χ1) is 9.67. The third kappa shape index (κ3) is 3.52. The number of fused-ring (bicyclic) bond motifs is 1. The van der Waals surface area contributed by atoms with Crippen LogP contribution >= 0.6 is 0 Å². The third-order valence-electron chi connectivity index (χ3n) is 3.17. The average Bonchev–Trinajstić information content (AvgIpc) is 2.35. The van der Waals surface area contributed by atoms with Crippen LogP contribution in [0, 0.1) is 0 Å². The summed E-state index contributed by atoms with van der Waals surface area (Å²) in [5.74, 6) is -1.56. The van der Waals surface area contributed by atoms with Gasteiger partial charge in [0.25, 0.3) is 0 Å². The van der Waals surface area contributed by atoms with Crippen LogP contribution in [-0.2, 0) is 20.7 Å². The first-order valence-electron chi connectivity index (χ1n) is 6.71. The van der Waals surface area contributed by atoms with E-state index in [2.05, 4.69) is 5.32 Å². The fourth-order valence-electron chi connectivity index (χ4n) is 2.32. The lowest BCUT2D eigenvalue weighted by Gasteiger charge is -2.32. The Hall–Kier alpha value is -2.08. The van der Waals surface area contributed by atoms with E-state index in [9.17, 15) is 19.8 Å². The van der Waals surface area contributed by atoms with Crippen LogP contribution in [0.5, 0.6) is 5.75 Å². The summed E-state index contributed by atoms with van der Waals surface area (Å²) in [6.45, 7) is 5.23. The second kappa shape index (κ2) is 5.37. The van der Waals surface area contributed by atoms with Crippen molar-refractivity contribution in [3.05, 3.63) is 29.3 Å². The lowest BCUT2D eigenvalue weighted by atomic mass is 9.90. The largest absolute Gasteiger partial charge is 0.508 e. The highest BCUT2D eigenvalue weighted by Crippen LogP contribution is 2.30. The van der Waals surface area contributed by atoms with Crippen molar-refractivity contribution in [1.29, 1.82) is 0 Å². The SMILES string of the molecule is CC(C)(C)OC(=O)C1N[C@H](C(=O)O)Cc2ccc(O)cc21. The monoisotopic (exact) mass is 293 g/mol. The Morgan fingerprint density at radius 2 is 2.00 bits per heavy atom. The number of phenols is 1. The Morgan fingerprint density at radius 1 is 1.33 bits per heavy atom. The Bertz CT molecular complexity index is 576. The molecule has 1 aromatic carbocycles. The molecule has 114 valence electrons. The first-order valence-corrected chi connectivity index (χ1v) is 6.71. The Kier molecular flexibility index (Phi) is 3.91. The van der Waals surface area contributed by atoms with E-state index < -0.39 is 29.6 Å². The maximum Gasteiger partial charge on any atom is 0.328 e. The number of aliphatic carboxylic acids is 1. The average molecular weight is 293 g/mol. The molecule has 0 radical (unpaired) electrons. The second-order valence-electron chi connectivity index (χ2n) is 6.11. The van der Waals surface area contributed by atoms with Gasteiger partial charge in [0.15, 0.2) is 0 Å². The summed E-state index contributed by atoms with van der Waals surface area (Å²) in [7, 11) is 0. The van der Waals surface area contributed by atoms with Crippen molar-refractivity contribution in [1.82, 2.24) is 5.32 Å². The van der Waals surface area contributed by atoms with Crippen LogP contribution in [0.2, 0.25) is 0 Å². The van der Waals surface area contributed by atoms with Gasteiger partial charge in [-0.2, -0.15) is 0 Å². The van der Waals surface area contributed by atoms with Gasteiger partial charge in [-0.3, -0.25) is 10.1 Å². The summed E-state index contributed by atoms with van der Waals surface area (Å²) in [5.41, 5.74) is 0.600. The molecule has 1 aromatic rings. The lowest BCUT2D eigenvalue weighted by molar-refractivity contribution is -0.158. The number of carbonyl (C=O) groups is 2. The number of nitrogens with one attached hydrogen (secondary N) is 1. The molecule has 21 heavy (non-hydrogen) atoms. The zero-order valence-corrected chi connectivity index (χ0v) is 12.2. The number of aromatic hydroxyl groups is 1. The molecule has 0 saturated carbocycles. The van der Waals surface area contributed by atoms with Gasteiger partial charge < -0.3 is 14.9 Å². The molecule has 0 aliphatic carbocycles. The van der Waals surface area contributed by atoms with Crippen LogP contribution in [0.15, 0.2) is 18.2 Å². The maximum atomic E-state index is 12.3. The highest BCUT2D eigenvalue weighted by atomic mass is 16.6. The number of ether oxygens (including phenoxy) is 1. The number of phenolic OH excluding ortho intramolecular Hbond substituents is 1. The maximum absolute atomic E-state index is 12.3. The molecule has 0 bridgehead atoms. The number of carboxylic acid groups (broad SMARTS) is 1. The van der Waals surface area contributed by atoms with Gasteiger partial charge in [-0.15, -0.1) is 0 Å². The topological polar surface area (TPSA) is 95.9 Å². The van der Waals surface area contributed by atoms with E-state index in [4.69, 9.17) is 4.74 Å². The van der Waals surface area contributed by atoms with Gasteiger partial charge in [-0.05, 0) is 50.5 Å². The molecular formula is C15H19NO5. The normalized spacial score (nSPS) is 21.5. The molecule has 1 aliphatic heterocycles. The number of carboxylic acids is 1. The van der Waals surface area contributed by atoms with Gasteiger partial charge in [0.2, 0.25) is 0 Å². The van der Waals surface area contributed by atoms with Gasteiger partial charge in [-0.1, -0.05) is 6.07 Å². The van der Waals surface area contributed by atoms with E-state index >= 15 is 0 Å². The van der Waals surface area contributed by atoms with Crippen molar-refractivity contribution in [3.8, 4) is 5.75 Å². The summed E-state index contributed by atoms with van der Waals surface area (Å²) in [5, 5.41) is 21.6. The Balaban J connectivity index is 2.37. The van der Waals surface area contributed by atoms with E-state index in [1.165, 1.54) is 12.1 Å². The molecular weight excluding hydrogens is 274 g/mol. The van der Waals surface area contributed by atoms with Crippen LogP contribution in [0.3, 0.4) is 0 Å². The zero-order valence-electron chi connectivity index (χ0n) is 12.2. The molecule has 1 unspecified atom stereocenters. The molecule has 2 rings (SSSR count). The van der Waals surface area contributed by atoms with Crippen LogP contribution in [0.1, 0.15) is 37.9 Å². The minimum Gasteiger partial charge on any atom is -0.508 e. The molecule has 3 N–H and O–H groups in total. The van der Waals surface area contributed by atoms with Crippen molar-refractivity contribution in [2.45, 2.75) is 44.9 Å². The minimum atomic E-state index is -1.03. The van der Waals surface area contributed by atoms with Crippen molar-refractivity contribution < 1.29 is 24.5 Å². The van der Waals surface area contributed by atoms with Gasteiger partial charge >= 0.3 is 11.9 Å². The van der Waals surface area contributed by atoms with E-state index in [-0.39, 0.29) is 12.2 Å². The molecule has 0 amide bonds. The highest BCUT2D eigenvalue weighted by Gasteiger charge is 2.36. The van der Waals surface area contributed by atoms with Gasteiger partial charge in [0, 0.05) is 0 Å². The van der Waals surface area contributed by atoms with Crippen molar-refractivity contribution in [2.75, 3.05) is 0 Å². The Labute approximate surface area is 122 Å². The first kappa shape index (κ1) is 15.3. The molecule has 0 fully saturated rings. The number of hydrogen-bond acceptors (Lipinski definition) is 5. The third-order valence-corrected chi connectivity index (χ3v) is 3.17. The summed E-state index contributed by atoms with van der Waals surface area (Å²) in [6.07, 6.45) is 0.254. The quantitative estimate of drug-likeness (QED) is 0.713. The van der Waals surface area contributed by atoms with Gasteiger partial charge in [-0.25, -0.2) is 4.79 Å². The number of carbonyl (C=O) groups excluding carboxylic acids is 1. The second-order valence-corrected chi connectivity index (χ2v) is 6.11. The lowest BCUT2D eigenvalue weighted by Crippen LogP contribution is -2.48. The molecule has 1 aliphatic rings. The minimum absolute atomic E-state index is 0.0258. The summed E-state index contributed by atoms with van der Waals surface area (Å²) in [6, 6.07) is 2.82. The fraction of sp³-hybridized carbons (Fsp3) is 0.467. The zero-order chi connectivity index (χ0) is 15.8. The molecule has 2 atom stereocenters.